The van der Waals surface area contributed by atoms with Gasteiger partial charge in [0, 0.05) is 19.0 Å². The Labute approximate surface area is 139 Å². The van der Waals surface area contributed by atoms with Crippen molar-refractivity contribution in [2.24, 2.45) is 17.6 Å². The van der Waals surface area contributed by atoms with Crippen molar-refractivity contribution in [1.82, 2.24) is 5.32 Å². The average Bonchev–Trinajstić information content (AvgIpc) is 2.44. The summed E-state index contributed by atoms with van der Waals surface area (Å²) in [6.07, 6.45) is 3.93. The summed E-state index contributed by atoms with van der Waals surface area (Å²) < 4.78 is 10.3. The highest BCUT2D eigenvalue weighted by molar-refractivity contribution is 5.69. The highest BCUT2D eigenvalue weighted by Gasteiger charge is 2.30. The number of rotatable bonds is 6. The molecule has 1 fully saturated rings. The summed E-state index contributed by atoms with van der Waals surface area (Å²) in [7, 11) is 0. The van der Waals surface area contributed by atoms with Crippen molar-refractivity contribution in [2.45, 2.75) is 71.4 Å². The van der Waals surface area contributed by atoms with Crippen LogP contribution in [0.1, 0.15) is 59.8 Å². The molecule has 0 aromatic carbocycles. The van der Waals surface area contributed by atoms with E-state index in [0.29, 0.717) is 31.4 Å². The van der Waals surface area contributed by atoms with Crippen molar-refractivity contribution >= 4 is 12.1 Å². The van der Waals surface area contributed by atoms with E-state index in [1.54, 1.807) is 0 Å². The molecule has 0 aromatic heterocycles. The Kier molecular flexibility index (Phi) is 7.82. The molecule has 0 aliphatic heterocycles. The van der Waals surface area contributed by atoms with Gasteiger partial charge >= 0.3 is 12.1 Å². The van der Waals surface area contributed by atoms with Crippen LogP contribution in [0.15, 0.2) is 0 Å². The van der Waals surface area contributed by atoms with E-state index < -0.39 is 11.7 Å². The topological polar surface area (TPSA) is 90.6 Å². The molecule has 0 saturated heterocycles. The van der Waals surface area contributed by atoms with Crippen LogP contribution in [0.25, 0.3) is 0 Å². The van der Waals surface area contributed by atoms with Crippen molar-refractivity contribution in [3.05, 3.63) is 0 Å². The average molecular weight is 328 g/mol. The van der Waals surface area contributed by atoms with Crippen molar-refractivity contribution in [2.75, 3.05) is 13.2 Å². The zero-order chi connectivity index (χ0) is 17.5. The molecule has 0 heterocycles. The van der Waals surface area contributed by atoms with Gasteiger partial charge in [0.2, 0.25) is 0 Å². The van der Waals surface area contributed by atoms with Crippen LogP contribution in [0, 0.1) is 11.8 Å². The quantitative estimate of drug-likeness (QED) is 0.731. The first-order valence-corrected chi connectivity index (χ1v) is 8.60. The maximum atomic E-state index is 11.9. The minimum atomic E-state index is -0.513. The number of nitrogens with two attached hydrogens (primary N) is 1. The summed E-state index contributed by atoms with van der Waals surface area (Å²) in [6, 6.07) is -0.0756. The van der Waals surface area contributed by atoms with Gasteiger partial charge in [0.15, 0.2) is 0 Å². The van der Waals surface area contributed by atoms with Crippen LogP contribution in [0.4, 0.5) is 4.79 Å². The summed E-state index contributed by atoms with van der Waals surface area (Å²) in [5.41, 5.74) is 5.31. The highest BCUT2D eigenvalue weighted by Crippen LogP contribution is 2.32. The second-order valence-electron chi connectivity index (χ2n) is 7.28. The maximum absolute atomic E-state index is 11.9. The van der Waals surface area contributed by atoms with Gasteiger partial charge in [0.05, 0.1) is 6.61 Å². The van der Waals surface area contributed by atoms with E-state index in [-0.39, 0.29) is 12.0 Å². The van der Waals surface area contributed by atoms with E-state index in [1.165, 1.54) is 0 Å². The van der Waals surface area contributed by atoms with Crippen molar-refractivity contribution in [3.8, 4) is 0 Å². The van der Waals surface area contributed by atoms with Crippen LogP contribution >= 0.6 is 0 Å². The molecule has 0 aromatic rings. The first kappa shape index (κ1) is 19.7. The predicted molar refractivity (Wildman–Crippen MR) is 88.9 cm³/mol. The normalized spacial score (nSPS) is 23.0. The first-order chi connectivity index (χ1) is 10.7. The molecule has 6 heteroatoms. The van der Waals surface area contributed by atoms with Gasteiger partial charge in [-0.05, 0) is 65.2 Å². The summed E-state index contributed by atoms with van der Waals surface area (Å²) >= 11 is 0. The molecule has 0 bridgehead atoms. The second kappa shape index (κ2) is 9.11. The number of esters is 1. The lowest BCUT2D eigenvalue weighted by molar-refractivity contribution is -0.144. The molecular formula is C17H32N2O4. The predicted octanol–water partition coefficient (Wildman–Crippen LogP) is 2.60. The van der Waals surface area contributed by atoms with E-state index in [9.17, 15) is 9.59 Å². The van der Waals surface area contributed by atoms with Gasteiger partial charge in [-0.2, -0.15) is 0 Å². The Balaban J connectivity index is 2.41. The standard InChI is InChI=1S/C17H32N2O4/c1-5-22-15(20)10-12-6-8-13(9-7-12)14(11-18)19-16(21)23-17(2,3)4/h12-14H,5-11,18H2,1-4H3,(H,19,21). The van der Waals surface area contributed by atoms with E-state index in [1.807, 2.05) is 27.7 Å². The first-order valence-electron chi connectivity index (χ1n) is 8.60. The SMILES string of the molecule is CCOC(=O)CC1CCC(C(CN)NC(=O)OC(C)(C)C)CC1. The number of carbonyl (C=O) groups excluding carboxylic acids is 2. The van der Waals surface area contributed by atoms with Gasteiger partial charge in [0.1, 0.15) is 5.60 Å². The largest absolute Gasteiger partial charge is 0.466 e. The van der Waals surface area contributed by atoms with Crippen LogP contribution in [-0.2, 0) is 14.3 Å². The minimum absolute atomic E-state index is 0.0756. The monoisotopic (exact) mass is 328 g/mol. The fourth-order valence-corrected chi connectivity index (χ4v) is 3.08. The number of amides is 1. The maximum Gasteiger partial charge on any atom is 0.407 e. The van der Waals surface area contributed by atoms with Gasteiger partial charge in [-0.15, -0.1) is 0 Å². The molecule has 1 aliphatic carbocycles. The van der Waals surface area contributed by atoms with Crippen molar-refractivity contribution in [3.63, 3.8) is 0 Å². The molecular weight excluding hydrogens is 296 g/mol. The molecule has 3 N–H and O–H groups in total. The lowest BCUT2D eigenvalue weighted by Gasteiger charge is -2.34. The zero-order valence-electron chi connectivity index (χ0n) is 14.9. The van der Waals surface area contributed by atoms with Crippen LogP contribution in [0.2, 0.25) is 0 Å². The van der Waals surface area contributed by atoms with Crippen LogP contribution in [0.5, 0.6) is 0 Å². The molecule has 1 aliphatic rings. The Morgan fingerprint density at radius 3 is 2.30 bits per heavy atom. The van der Waals surface area contributed by atoms with Crippen LogP contribution in [0.3, 0.4) is 0 Å². The molecule has 1 rings (SSSR count). The van der Waals surface area contributed by atoms with Crippen molar-refractivity contribution in [1.29, 1.82) is 0 Å². The Bertz CT molecular complexity index is 385. The molecule has 1 amide bonds. The number of nitrogens with one attached hydrogen (secondary N) is 1. The third kappa shape index (κ3) is 7.68. The fraction of sp³-hybridized carbons (Fsp3) is 0.882. The third-order valence-corrected chi connectivity index (χ3v) is 4.18. The lowest BCUT2D eigenvalue weighted by atomic mass is 9.77. The van der Waals surface area contributed by atoms with Gasteiger partial charge in [-0.3, -0.25) is 4.79 Å². The molecule has 0 spiro atoms. The highest BCUT2D eigenvalue weighted by atomic mass is 16.6. The molecule has 134 valence electrons. The van der Waals surface area contributed by atoms with E-state index in [0.717, 1.165) is 25.7 Å². The summed E-state index contributed by atoms with van der Waals surface area (Å²) in [4.78, 5) is 23.4. The molecule has 1 atom stereocenters. The fourth-order valence-electron chi connectivity index (χ4n) is 3.08. The Morgan fingerprint density at radius 2 is 1.83 bits per heavy atom. The number of hydrogen-bond acceptors (Lipinski definition) is 5. The minimum Gasteiger partial charge on any atom is -0.466 e. The molecule has 1 unspecified atom stereocenters. The second-order valence-corrected chi connectivity index (χ2v) is 7.28. The molecule has 6 nitrogen and oxygen atoms in total. The molecule has 1 saturated carbocycles. The van der Waals surface area contributed by atoms with E-state index >= 15 is 0 Å². The van der Waals surface area contributed by atoms with Crippen LogP contribution in [-0.4, -0.2) is 36.9 Å². The number of alkyl carbamates (subject to hydrolysis) is 1. The molecule has 0 radical (unpaired) electrons. The van der Waals surface area contributed by atoms with E-state index in [4.69, 9.17) is 15.2 Å². The van der Waals surface area contributed by atoms with Crippen molar-refractivity contribution < 1.29 is 19.1 Å². The number of ether oxygens (including phenoxy) is 2. The van der Waals surface area contributed by atoms with Gasteiger partial charge in [-0.25, -0.2) is 4.79 Å². The lowest BCUT2D eigenvalue weighted by Crippen LogP contribution is -2.48. The van der Waals surface area contributed by atoms with E-state index in [2.05, 4.69) is 5.32 Å². The van der Waals surface area contributed by atoms with Gasteiger partial charge in [0.25, 0.3) is 0 Å². The van der Waals surface area contributed by atoms with Gasteiger partial charge < -0.3 is 20.5 Å². The Hall–Kier alpha value is -1.30. The summed E-state index contributed by atoms with van der Waals surface area (Å²) in [5.74, 6) is 0.606. The number of hydrogen-bond donors (Lipinski definition) is 2. The molecule has 23 heavy (non-hydrogen) atoms. The summed E-state index contributed by atoms with van der Waals surface area (Å²) in [6.45, 7) is 8.17. The van der Waals surface area contributed by atoms with Crippen LogP contribution < -0.4 is 11.1 Å². The van der Waals surface area contributed by atoms with Gasteiger partial charge in [-0.1, -0.05) is 0 Å². The zero-order valence-corrected chi connectivity index (χ0v) is 14.9. The smallest absolute Gasteiger partial charge is 0.407 e. The Morgan fingerprint density at radius 1 is 1.22 bits per heavy atom. The number of carbonyl (C=O) groups is 2. The summed E-state index contributed by atoms with van der Waals surface area (Å²) in [5, 5.41) is 2.89. The third-order valence-electron chi connectivity index (χ3n) is 4.18.